The Bertz CT molecular complexity index is 616. The van der Waals surface area contributed by atoms with Crippen molar-refractivity contribution in [3.8, 4) is 0 Å². The molecule has 0 saturated carbocycles. The van der Waals surface area contributed by atoms with Crippen LogP contribution in [0.3, 0.4) is 0 Å². The normalized spacial score (nSPS) is 10.3. The molecule has 0 spiro atoms. The fourth-order valence-electron chi connectivity index (χ4n) is 1.76. The van der Waals surface area contributed by atoms with Crippen LogP contribution in [0.1, 0.15) is 21.5 Å². The molecule has 0 radical (unpaired) electrons. The van der Waals surface area contributed by atoms with Crippen molar-refractivity contribution < 1.29 is 13.9 Å². The Balaban J connectivity index is 2.38. The molecule has 3 nitrogen and oxygen atoms in total. The van der Waals surface area contributed by atoms with Crippen LogP contribution >= 0.6 is 11.6 Å². The molecule has 0 bridgehead atoms. The van der Waals surface area contributed by atoms with Crippen molar-refractivity contribution in [3.63, 3.8) is 0 Å². The van der Waals surface area contributed by atoms with E-state index in [1.807, 2.05) is 0 Å². The molecule has 0 aliphatic heterocycles. The molecule has 0 unspecified atom stereocenters. The molecular weight excluding hydrogens is 269 g/mol. The second kappa shape index (κ2) is 5.80. The van der Waals surface area contributed by atoms with Crippen LogP contribution in [-0.4, -0.2) is 18.1 Å². The molecule has 0 saturated heterocycles. The lowest BCUT2D eigenvalue weighted by Gasteiger charge is -2.08. The van der Waals surface area contributed by atoms with Gasteiger partial charge in [-0.3, -0.25) is 4.98 Å². The van der Waals surface area contributed by atoms with Crippen LogP contribution in [0.25, 0.3) is 0 Å². The summed E-state index contributed by atoms with van der Waals surface area (Å²) >= 11 is 5.84. The highest BCUT2D eigenvalue weighted by atomic mass is 35.5. The highest BCUT2D eigenvalue weighted by molar-refractivity contribution is 6.30. The summed E-state index contributed by atoms with van der Waals surface area (Å²) in [6.45, 7) is 0. The molecule has 0 aliphatic carbocycles. The van der Waals surface area contributed by atoms with Gasteiger partial charge >= 0.3 is 5.97 Å². The first-order valence-electron chi connectivity index (χ1n) is 5.57. The van der Waals surface area contributed by atoms with Crippen LogP contribution in [-0.2, 0) is 11.2 Å². The minimum absolute atomic E-state index is 0.249. The van der Waals surface area contributed by atoms with Gasteiger partial charge in [0.15, 0.2) is 0 Å². The molecule has 0 fully saturated rings. The van der Waals surface area contributed by atoms with Crippen molar-refractivity contribution in [2.45, 2.75) is 6.42 Å². The summed E-state index contributed by atoms with van der Waals surface area (Å²) in [6.07, 6.45) is 3.20. The van der Waals surface area contributed by atoms with Gasteiger partial charge in [0.2, 0.25) is 0 Å². The zero-order chi connectivity index (χ0) is 13.8. The first-order valence-corrected chi connectivity index (χ1v) is 5.94. The van der Waals surface area contributed by atoms with E-state index in [4.69, 9.17) is 11.6 Å². The van der Waals surface area contributed by atoms with Gasteiger partial charge in [-0.15, -0.1) is 0 Å². The van der Waals surface area contributed by atoms with E-state index < -0.39 is 5.97 Å². The van der Waals surface area contributed by atoms with E-state index in [-0.39, 0.29) is 12.2 Å². The van der Waals surface area contributed by atoms with E-state index >= 15 is 0 Å². The van der Waals surface area contributed by atoms with Crippen molar-refractivity contribution >= 4 is 17.6 Å². The Morgan fingerprint density at radius 3 is 2.89 bits per heavy atom. The number of ether oxygens (including phenoxy) is 1. The Morgan fingerprint density at radius 1 is 1.37 bits per heavy atom. The fourth-order valence-corrected chi connectivity index (χ4v) is 1.95. The molecule has 0 N–H and O–H groups in total. The first-order chi connectivity index (χ1) is 9.11. The third-order valence-corrected chi connectivity index (χ3v) is 2.94. The van der Waals surface area contributed by atoms with E-state index in [1.165, 1.54) is 25.4 Å². The third kappa shape index (κ3) is 3.09. The maximum absolute atomic E-state index is 13.7. The summed E-state index contributed by atoms with van der Waals surface area (Å²) in [5.74, 6) is -0.859. The number of benzene rings is 1. The lowest BCUT2D eigenvalue weighted by atomic mass is 10.0. The van der Waals surface area contributed by atoms with E-state index in [9.17, 15) is 9.18 Å². The number of esters is 1. The molecule has 0 amide bonds. The van der Waals surface area contributed by atoms with Crippen LogP contribution in [0.2, 0.25) is 5.02 Å². The van der Waals surface area contributed by atoms with Crippen LogP contribution in [0.4, 0.5) is 4.39 Å². The van der Waals surface area contributed by atoms with Crippen molar-refractivity contribution in [3.05, 3.63) is 64.2 Å². The Kier molecular flexibility index (Phi) is 4.12. The van der Waals surface area contributed by atoms with Crippen LogP contribution in [0, 0.1) is 5.82 Å². The minimum atomic E-state index is -0.495. The number of carbonyl (C=O) groups excluding carboxylic acids is 1. The van der Waals surface area contributed by atoms with Crippen molar-refractivity contribution in [2.75, 3.05) is 7.11 Å². The van der Waals surface area contributed by atoms with E-state index in [0.29, 0.717) is 21.7 Å². The Labute approximate surface area is 115 Å². The number of pyridine rings is 1. The summed E-state index contributed by atoms with van der Waals surface area (Å²) in [7, 11) is 1.29. The van der Waals surface area contributed by atoms with Crippen LogP contribution < -0.4 is 0 Å². The number of aromatic nitrogens is 1. The number of carbonyl (C=O) groups is 1. The van der Waals surface area contributed by atoms with Gasteiger partial charge in [-0.2, -0.15) is 0 Å². The molecule has 1 aromatic heterocycles. The summed E-state index contributed by atoms with van der Waals surface area (Å²) < 4.78 is 18.3. The lowest BCUT2D eigenvalue weighted by Crippen LogP contribution is -2.07. The number of nitrogens with zero attached hydrogens (tertiary/aromatic N) is 1. The number of hydrogen-bond donors (Lipinski definition) is 0. The number of methoxy groups -OCH3 is 1. The summed E-state index contributed by atoms with van der Waals surface area (Å²) in [5.41, 5.74) is 1.39. The smallest absolute Gasteiger partial charge is 0.339 e. The predicted octanol–water partition coefficient (Wildman–Crippen LogP) is 3.25. The highest BCUT2D eigenvalue weighted by Gasteiger charge is 2.13. The van der Waals surface area contributed by atoms with Crippen molar-refractivity contribution in [1.82, 2.24) is 4.98 Å². The maximum Gasteiger partial charge on any atom is 0.339 e. The van der Waals surface area contributed by atoms with Gasteiger partial charge in [-0.1, -0.05) is 11.6 Å². The second-order valence-corrected chi connectivity index (χ2v) is 4.37. The molecule has 1 heterocycles. The van der Waals surface area contributed by atoms with Crippen molar-refractivity contribution in [2.24, 2.45) is 0 Å². The average molecular weight is 280 g/mol. The summed E-state index contributed by atoms with van der Waals surface area (Å²) in [4.78, 5) is 15.5. The van der Waals surface area contributed by atoms with Crippen molar-refractivity contribution in [1.29, 1.82) is 0 Å². The van der Waals surface area contributed by atoms with E-state index in [2.05, 4.69) is 9.72 Å². The largest absolute Gasteiger partial charge is 0.465 e. The van der Waals surface area contributed by atoms with Crippen LogP contribution in [0.5, 0.6) is 0 Å². The third-order valence-electron chi connectivity index (χ3n) is 2.71. The van der Waals surface area contributed by atoms with Gasteiger partial charge in [-0.25, -0.2) is 9.18 Å². The topological polar surface area (TPSA) is 39.2 Å². The zero-order valence-electron chi connectivity index (χ0n) is 10.2. The SMILES string of the molecule is COC(=O)c1cnccc1Cc1cc(Cl)ccc1F. The van der Waals surface area contributed by atoms with Crippen LogP contribution in [0.15, 0.2) is 36.7 Å². The monoisotopic (exact) mass is 279 g/mol. The molecule has 98 valence electrons. The second-order valence-electron chi connectivity index (χ2n) is 3.94. The number of hydrogen-bond acceptors (Lipinski definition) is 3. The summed E-state index contributed by atoms with van der Waals surface area (Å²) in [6, 6.07) is 5.98. The predicted molar refractivity (Wildman–Crippen MR) is 69.8 cm³/mol. The van der Waals surface area contributed by atoms with Gasteiger partial charge in [0, 0.05) is 23.8 Å². The molecule has 0 aliphatic rings. The van der Waals surface area contributed by atoms with Gasteiger partial charge in [-0.05, 0) is 35.4 Å². The van der Waals surface area contributed by atoms with E-state index in [0.717, 1.165) is 0 Å². The molecule has 0 atom stereocenters. The number of halogens is 2. The van der Waals surface area contributed by atoms with Gasteiger partial charge in [0.05, 0.1) is 12.7 Å². The minimum Gasteiger partial charge on any atom is -0.465 e. The molecule has 2 aromatic rings. The Morgan fingerprint density at radius 2 is 2.16 bits per heavy atom. The van der Waals surface area contributed by atoms with Gasteiger partial charge < -0.3 is 4.74 Å². The van der Waals surface area contributed by atoms with Gasteiger partial charge in [0.1, 0.15) is 5.82 Å². The summed E-state index contributed by atoms with van der Waals surface area (Å²) in [5, 5.41) is 0.449. The Hall–Kier alpha value is -1.94. The van der Waals surface area contributed by atoms with Gasteiger partial charge in [0.25, 0.3) is 0 Å². The highest BCUT2D eigenvalue weighted by Crippen LogP contribution is 2.20. The molecule has 2 rings (SSSR count). The lowest BCUT2D eigenvalue weighted by molar-refractivity contribution is 0.0599. The first kappa shape index (κ1) is 13.5. The average Bonchev–Trinajstić information content (AvgIpc) is 2.42. The fraction of sp³-hybridized carbons (Fsp3) is 0.143. The van der Waals surface area contributed by atoms with E-state index in [1.54, 1.807) is 18.3 Å². The molecular formula is C14H11ClFNO2. The zero-order valence-corrected chi connectivity index (χ0v) is 10.9. The molecule has 19 heavy (non-hydrogen) atoms. The maximum atomic E-state index is 13.7. The quantitative estimate of drug-likeness (QED) is 0.810. The molecule has 5 heteroatoms. The molecule has 1 aromatic carbocycles. The number of rotatable bonds is 3. The standard InChI is InChI=1S/C14H11ClFNO2/c1-19-14(18)12-8-17-5-4-9(12)6-10-7-11(15)2-3-13(10)16/h2-5,7-8H,6H2,1H3.